The summed E-state index contributed by atoms with van der Waals surface area (Å²) in [6, 6.07) is 11.3. The van der Waals surface area contributed by atoms with Gasteiger partial charge in [0, 0.05) is 42.6 Å². The van der Waals surface area contributed by atoms with Crippen LogP contribution >= 0.6 is 0 Å². The van der Waals surface area contributed by atoms with Gasteiger partial charge in [-0.3, -0.25) is 9.40 Å². The lowest BCUT2D eigenvalue weighted by Crippen LogP contribution is -2.19. The van der Waals surface area contributed by atoms with Crippen molar-refractivity contribution in [1.82, 2.24) is 19.7 Å². The molecule has 0 spiro atoms. The molecular weight excluding hydrogens is 495 g/mol. The average Bonchev–Trinajstić information content (AvgIpc) is 3.28. The summed E-state index contributed by atoms with van der Waals surface area (Å²) in [5.74, 6) is 0.160. The number of halogens is 3. The number of sulfonamides is 1. The van der Waals surface area contributed by atoms with E-state index in [0.29, 0.717) is 34.6 Å². The van der Waals surface area contributed by atoms with Crippen LogP contribution in [0.2, 0.25) is 0 Å². The van der Waals surface area contributed by atoms with Crippen LogP contribution in [-0.4, -0.2) is 34.8 Å². The summed E-state index contributed by atoms with van der Waals surface area (Å²) in [4.78, 5) is 7.61. The van der Waals surface area contributed by atoms with E-state index in [0.717, 1.165) is 12.1 Å². The molecule has 1 aliphatic heterocycles. The maximum Gasteiger partial charge on any atom is 0.416 e. The van der Waals surface area contributed by atoms with Crippen molar-refractivity contribution < 1.29 is 26.3 Å². The molecule has 3 heterocycles. The topological polar surface area (TPSA) is 99.0 Å². The molecule has 186 valence electrons. The van der Waals surface area contributed by atoms with Gasteiger partial charge in [-0.2, -0.15) is 18.3 Å². The van der Waals surface area contributed by atoms with Crippen molar-refractivity contribution in [3.05, 3.63) is 83.9 Å². The van der Waals surface area contributed by atoms with Gasteiger partial charge in [-0.25, -0.2) is 18.4 Å². The zero-order chi connectivity index (χ0) is 25.5. The van der Waals surface area contributed by atoms with Crippen molar-refractivity contribution in [3.63, 3.8) is 0 Å². The number of benzene rings is 2. The molecule has 5 rings (SSSR count). The van der Waals surface area contributed by atoms with Crippen molar-refractivity contribution in [1.29, 1.82) is 0 Å². The van der Waals surface area contributed by atoms with E-state index in [9.17, 15) is 21.6 Å². The number of anilines is 1. The van der Waals surface area contributed by atoms with Crippen molar-refractivity contribution >= 4 is 15.8 Å². The van der Waals surface area contributed by atoms with Crippen LogP contribution in [0, 0.1) is 0 Å². The molecule has 0 saturated heterocycles. The smallest absolute Gasteiger partial charge is 0.416 e. The van der Waals surface area contributed by atoms with Gasteiger partial charge in [0.05, 0.1) is 22.8 Å². The number of hydrogen-bond acceptors (Lipinski definition) is 6. The van der Waals surface area contributed by atoms with Gasteiger partial charge in [0.25, 0.3) is 10.0 Å². The molecule has 0 bridgehead atoms. The summed E-state index contributed by atoms with van der Waals surface area (Å²) in [5.41, 5.74) is 1.55. The van der Waals surface area contributed by atoms with Gasteiger partial charge in [0.2, 0.25) is 0 Å². The molecular formula is C24H20F3N5O3S. The molecule has 12 heteroatoms. The summed E-state index contributed by atoms with van der Waals surface area (Å²) >= 11 is 0. The Morgan fingerprint density at radius 3 is 2.56 bits per heavy atom. The first-order valence-electron chi connectivity index (χ1n) is 10.9. The van der Waals surface area contributed by atoms with Crippen LogP contribution in [0.4, 0.5) is 19.0 Å². The van der Waals surface area contributed by atoms with E-state index in [1.54, 1.807) is 19.2 Å². The quantitative estimate of drug-likeness (QED) is 0.417. The molecule has 0 saturated carbocycles. The summed E-state index contributed by atoms with van der Waals surface area (Å²) in [7, 11) is -2.29. The van der Waals surface area contributed by atoms with E-state index >= 15 is 0 Å². The van der Waals surface area contributed by atoms with Crippen LogP contribution in [0.3, 0.4) is 0 Å². The minimum Gasteiger partial charge on any atom is -0.493 e. The van der Waals surface area contributed by atoms with E-state index in [4.69, 9.17) is 4.74 Å². The Hall–Kier alpha value is -3.93. The third-order valence-electron chi connectivity index (χ3n) is 6.01. The molecule has 36 heavy (non-hydrogen) atoms. The number of alkyl halides is 3. The lowest BCUT2D eigenvalue weighted by Gasteiger charge is -2.28. The highest BCUT2D eigenvalue weighted by molar-refractivity contribution is 7.92. The number of aryl methyl sites for hydroxylation is 1. The molecule has 0 unspecified atom stereocenters. The number of aromatic nitrogens is 4. The third-order valence-corrected chi connectivity index (χ3v) is 7.36. The second-order valence-electron chi connectivity index (χ2n) is 8.23. The Bertz CT molecular complexity index is 1520. The molecule has 2 aromatic carbocycles. The monoisotopic (exact) mass is 515 g/mol. The molecule has 0 aliphatic carbocycles. The first kappa shape index (κ1) is 23.8. The molecule has 1 N–H and O–H groups in total. The predicted octanol–water partition coefficient (Wildman–Crippen LogP) is 4.61. The van der Waals surface area contributed by atoms with E-state index in [1.807, 2.05) is 0 Å². The highest BCUT2D eigenvalue weighted by Crippen LogP contribution is 2.44. The number of ether oxygens (including phenoxy) is 1. The molecule has 8 nitrogen and oxygen atoms in total. The van der Waals surface area contributed by atoms with Crippen molar-refractivity contribution in [2.24, 2.45) is 7.05 Å². The van der Waals surface area contributed by atoms with Gasteiger partial charge < -0.3 is 4.74 Å². The second-order valence-corrected chi connectivity index (χ2v) is 9.91. The van der Waals surface area contributed by atoms with E-state index in [-0.39, 0.29) is 23.2 Å². The summed E-state index contributed by atoms with van der Waals surface area (Å²) in [6.45, 7) is 0.270. The number of fused-ring (bicyclic) bond motifs is 1. The van der Waals surface area contributed by atoms with Crippen LogP contribution in [-0.2, 0) is 23.2 Å². The summed E-state index contributed by atoms with van der Waals surface area (Å²) < 4.78 is 76.0. The Kier molecular flexibility index (Phi) is 5.91. The highest BCUT2D eigenvalue weighted by Gasteiger charge is 2.33. The molecule has 1 atom stereocenters. The fraction of sp³-hybridized carbons (Fsp3) is 0.208. The van der Waals surface area contributed by atoms with E-state index in [2.05, 4.69) is 19.8 Å². The van der Waals surface area contributed by atoms with Crippen molar-refractivity contribution in [3.8, 4) is 17.0 Å². The number of nitrogens with one attached hydrogen (secondary N) is 1. The minimum absolute atomic E-state index is 0.0280. The zero-order valence-corrected chi connectivity index (χ0v) is 19.7. The van der Waals surface area contributed by atoms with Gasteiger partial charge in [-0.05, 0) is 42.3 Å². The molecule has 0 radical (unpaired) electrons. The van der Waals surface area contributed by atoms with Gasteiger partial charge in [0.15, 0.2) is 0 Å². The summed E-state index contributed by atoms with van der Waals surface area (Å²) in [6.07, 6.45) is 0.171. The lowest BCUT2D eigenvalue weighted by molar-refractivity contribution is -0.137. The second kappa shape index (κ2) is 8.94. The van der Waals surface area contributed by atoms with Crippen molar-refractivity contribution in [2.45, 2.75) is 23.4 Å². The minimum atomic E-state index is -4.50. The SMILES string of the molecule is Cn1nccc1-c1cc(C(F)(F)F)ccc1[C@H]1CCOc2cc(S(=O)(=O)Nc3ccncn3)ccc21. The maximum absolute atomic E-state index is 13.5. The first-order chi connectivity index (χ1) is 17.1. The van der Waals surface area contributed by atoms with Crippen LogP contribution in [0.25, 0.3) is 11.3 Å². The zero-order valence-electron chi connectivity index (χ0n) is 18.9. The number of rotatable bonds is 5. The fourth-order valence-corrected chi connectivity index (χ4v) is 5.33. The average molecular weight is 516 g/mol. The highest BCUT2D eigenvalue weighted by atomic mass is 32.2. The Labute approximate surface area is 204 Å². The Morgan fingerprint density at radius 1 is 1.06 bits per heavy atom. The van der Waals surface area contributed by atoms with Crippen molar-refractivity contribution in [2.75, 3.05) is 11.3 Å². The van der Waals surface area contributed by atoms with E-state index < -0.39 is 21.8 Å². The number of hydrogen-bond donors (Lipinski definition) is 1. The first-order valence-corrected chi connectivity index (χ1v) is 12.4. The van der Waals surface area contributed by atoms with Gasteiger partial charge in [-0.15, -0.1) is 0 Å². The van der Waals surface area contributed by atoms with Gasteiger partial charge >= 0.3 is 6.18 Å². The van der Waals surface area contributed by atoms with Crippen LogP contribution in [0.5, 0.6) is 5.75 Å². The molecule has 2 aromatic heterocycles. The molecule has 4 aromatic rings. The van der Waals surface area contributed by atoms with Gasteiger partial charge in [0.1, 0.15) is 17.9 Å². The van der Waals surface area contributed by atoms with Crippen LogP contribution in [0.15, 0.2) is 72.1 Å². The predicted molar refractivity (Wildman–Crippen MR) is 125 cm³/mol. The standard InChI is InChI=1S/C24H20F3N5O3S/c1-32-21(6-10-30-32)20-12-15(24(25,26)27)2-4-17(20)18-8-11-35-22-13-16(3-5-19(18)22)36(33,34)31-23-7-9-28-14-29-23/h2-7,9-10,12-14,18H,8,11H2,1H3,(H,28,29,31)/t18-/m1/s1. The normalized spacial score (nSPS) is 15.7. The molecule has 1 aliphatic rings. The largest absolute Gasteiger partial charge is 0.493 e. The van der Waals surface area contributed by atoms with Gasteiger partial charge in [-0.1, -0.05) is 12.1 Å². The summed E-state index contributed by atoms with van der Waals surface area (Å²) in [5, 5.41) is 4.12. The Balaban J connectivity index is 1.56. The van der Waals surface area contributed by atoms with Crippen LogP contribution < -0.4 is 9.46 Å². The number of nitrogens with zero attached hydrogens (tertiary/aromatic N) is 4. The Morgan fingerprint density at radius 2 is 1.86 bits per heavy atom. The maximum atomic E-state index is 13.5. The third kappa shape index (κ3) is 4.51. The fourth-order valence-electron chi connectivity index (χ4n) is 4.30. The molecule has 0 fully saturated rings. The van der Waals surface area contributed by atoms with Crippen LogP contribution in [0.1, 0.15) is 29.0 Å². The molecule has 0 amide bonds. The lowest BCUT2D eigenvalue weighted by atomic mass is 9.83. The van der Waals surface area contributed by atoms with E-state index in [1.165, 1.54) is 47.7 Å².